The molecule has 2 aliphatic rings. The van der Waals surface area contributed by atoms with Crippen LogP contribution in [0, 0.1) is 11.3 Å². The number of nitrogens with zero attached hydrogens (tertiary/aromatic N) is 1. The lowest BCUT2D eigenvalue weighted by molar-refractivity contribution is 0.240. The number of rotatable bonds is 3. The van der Waals surface area contributed by atoms with Crippen LogP contribution < -0.4 is 0 Å². The molecule has 0 aliphatic heterocycles. The Bertz CT molecular complexity index is 225. The summed E-state index contributed by atoms with van der Waals surface area (Å²) in [6.45, 7) is 3.26. The highest BCUT2D eigenvalue weighted by atomic mass is 15.2. The summed E-state index contributed by atoms with van der Waals surface area (Å²) in [5.74, 6) is 1.55. The molecule has 0 radical (unpaired) electrons. The summed E-state index contributed by atoms with van der Waals surface area (Å²) < 4.78 is 0. The first-order valence-corrected chi connectivity index (χ1v) is 7.18. The highest BCUT2D eigenvalue weighted by Crippen LogP contribution is 2.30. The lowest BCUT2D eigenvalue weighted by Crippen LogP contribution is -2.43. The number of hydrogen-bond acceptors (Lipinski definition) is 1. The average Bonchev–Trinajstić information content (AvgIpc) is 2.85. The Morgan fingerprint density at radius 3 is 2.12 bits per heavy atom. The lowest BCUT2D eigenvalue weighted by atomic mass is 9.93. The Labute approximate surface area is 99.9 Å². The van der Waals surface area contributed by atoms with Crippen LogP contribution in [0.4, 0.5) is 0 Å². The van der Waals surface area contributed by atoms with Crippen molar-refractivity contribution in [3.63, 3.8) is 0 Å². The summed E-state index contributed by atoms with van der Waals surface area (Å²) >= 11 is 0. The van der Waals surface area contributed by atoms with E-state index in [4.69, 9.17) is 5.41 Å². The third kappa shape index (κ3) is 2.58. The normalized spacial score (nSPS) is 23.6. The van der Waals surface area contributed by atoms with Crippen LogP contribution in [0.25, 0.3) is 0 Å². The molecule has 0 aromatic carbocycles. The fourth-order valence-corrected chi connectivity index (χ4v) is 3.45. The van der Waals surface area contributed by atoms with Gasteiger partial charge in [0.05, 0.1) is 5.84 Å². The maximum Gasteiger partial charge on any atom is 0.0991 e. The minimum Gasteiger partial charge on any atom is -0.358 e. The molecule has 1 N–H and O–H groups in total. The monoisotopic (exact) mass is 222 g/mol. The fraction of sp³-hybridized carbons (Fsp3) is 0.929. The first-order valence-electron chi connectivity index (χ1n) is 7.18. The van der Waals surface area contributed by atoms with Crippen molar-refractivity contribution in [2.75, 3.05) is 6.54 Å². The van der Waals surface area contributed by atoms with E-state index in [0.717, 1.165) is 12.4 Å². The molecule has 0 spiro atoms. The van der Waals surface area contributed by atoms with Crippen LogP contribution in [0.2, 0.25) is 0 Å². The Morgan fingerprint density at radius 1 is 1.00 bits per heavy atom. The van der Waals surface area contributed by atoms with Crippen molar-refractivity contribution in [3.8, 4) is 0 Å². The fourth-order valence-electron chi connectivity index (χ4n) is 3.45. The second-order valence-electron chi connectivity index (χ2n) is 5.44. The second-order valence-corrected chi connectivity index (χ2v) is 5.44. The molecule has 0 bridgehead atoms. The van der Waals surface area contributed by atoms with Gasteiger partial charge in [-0.15, -0.1) is 0 Å². The van der Waals surface area contributed by atoms with E-state index in [0.29, 0.717) is 12.0 Å². The number of amidine groups is 1. The molecule has 0 heterocycles. The van der Waals surface area contributed by atoms with Gasteiger partial charge in [0.15, 0.2) is 0 Å². The summed E-state index contributed by atoms with van der Waals surface area (Å²) in [4.78, 5) is 2.41. The third-order valence-corrected chi connectivity index (χ3v) is 4.41. The van der Waals surface area contributed by atoms with Gasteiger partial charge in [0, 0.05) is 18.5 Å². The SMILES string of the molecule is CCN(C(=N)C1CCCC1)C1CCCCC1. The van der Waals surface area contributed by atoms with E-state index < -0.39 is 0 Å². The van der Waals surface area contributed by atoms with Crippen LogP contribution in [0.15, 0.2) is 0 Å². The van der Waals surface area contributed by atoms with Crippen LogP contribution in [0.3, 0.4) is 0 Å². The molecular formula is C14H26N2. The molecular weight excluding hydrogens is 196 g/mol. The molecule has 0 unspecified atom stereocenters. The Morgan fingerprint density at radius 2 is 1.56 bits per heavy atom. The van der Waals surface area contributed by atoms with Crippen molar-refractivity contribution in [3.05, 3.63) is 0 Å². The van der Waals surface area contributed by atoms with Gasteiger partial charge >= 0.3 is 0 Å². The van der Waals surface area contributed by atoms with Crippen LogP contribution in [0.5, 0.6) is 0 Å². The van der Waals surface area contributed by atoms with E-state index in [9.17, 15) is 0 Å². The summed E-state index contributed by atoms with van der Waals surface area (Å²) in [5.41, 5.74) is 0. The van der Waals surface area contributed by atoms with Gasteiger partial charge in [0.2, 0.25) is 0 Å². The van der Waals surface area contributed by atoms with Gasteiger partial charge in [0.1, 0.15) is 0 Å². The van der Waals surface area contributed by atoms with Crippen molar-refractivity contribution in [2.45, 2.75) is 70.8 Å². The highest BCUT2D eigenvalue weighted by Gasteiger charge is 2.28. The van der Waals surface area contributed by atoms with Gasteiger partial charge in [-0.3, -0.25) is 5.41 Å². The zero-order valence-electron chi connectivity index (χ0n) is 10.7. The van der Waals surface area contributed by atoms with Crippen LogP contribution in [-0.2, 0) is 0 Å². The summed E-state index contributed by atoms with van der Waals surface area (Å²) in [7, 11) is 0. The molecule has 0 aromatic rings. The predicted octanol–water partition coefficient (Wildman–Crippen LogP) is 3.81. The largest absolute Gasteiger partial charge is 0.358 e. The molecule has 2 heteroatoms. The molecule has 2 saturated carbocycles. The molecule has 0 atom stereocenters. The Hall–Kier alpha value is -0.530. The molecule has 2 fully saturated rings. The summed E-state index contributed by atoms with van der Waals surface area (Å²) in [5, 5.41) is 8.41. The maximum atomic E-state index is 8.41. The molecule has 2 rings (SSSR count). The molecule has 2 nitrogen and oxygen atoms in total. The molecule has 0 aromatic heterocycles. The van der Waals surface area contributed by atoms with Gasteiger partial charge in [-0.05, 0) is 32.6 Å². The first-order chi connectivity index (χ1) is 7.83. The summed E-state index contributed by atoms with van der Waals surface area (Å²) in [6, 6.07) is 0.687. The topological polar surface area (TPSA) is 27.1 Å². The number of nitrogens with one attached hydrogen (secondary N) is 1. The predicted molar refractivity (Wildman–Crippen MR) is 68.9 cm³/mol. The zero-order valence-corrected chi connectivity index (χ0v) is 10.7. The van der Waals surface area contributed by atoms with Crippen molar-refractivity contribution in [2.24, 2.45) is 5.92 Å². The van der Waals surface area contributed by atoms with Crippen LogP contribution in [0.1, 0.15) is 64.7 Å². The van der Waals surface area contributed by atoms with Crippen LogP contribution in [-0.4, -0.2) is 23.3 Å². The van der Waals surface area contributed by atoms with Crippen molar-refractivity contribution >= 4 is 5.84 Å². The van der Waals surface area contributed by atoms with Crippen molar-refractivity contribution in [1.29, 1.82) is 5.41 Å². The molecule has 0 amide bonds. The molecule has 16 heavy (non-hydrogen) atoms. The van der Waals surface area contributed by atoms with E-state index in [2.05, 4.69) is 11.8 Å². The molecule has 0 saturated heterocycles. The van der Waals surface area contributed by atoms with E-state index in [1.807, 2.05) is 0 Å². The second kappa shape index (κ2) is 5.70. The smallest absolute Gasteiger partial charge is 0.0991 e. The van der Waals surface area contributed by atoms with Gasteiger partial charge in [-0.1, -0.05) is 32.1 Å². The minimum absolute atomic E-state index is 0.585. The standard InChI is InChI=1S/C14H26N2/c1-2-16(13-10-4-3-5-11-13)14(15)12-8-6-7-9-12/h12-13,15H,2-11H2,1H3. The van der Waals surface area contributed by atoms with Crippen molar-refractivity contribution < 1.29 is 0 Å². The Balaban J connectivity index is 1.94. The summed E-state index contributed by atoms with van der Waals surface area (Å²) in [6.07, 6.45) is 12.0. The van der Waals surface area contributed by atoms with E-state index in [1.165, 1.54) is 57.8 Å². The lowest BCUT2D eigenvalue weighted by Gasteiger charge is -2.37. The van der Waals surface area contributed by atoms with Crippen molar-refractivity contribution in [1.82, 2.24) is 4.90 Å². The Kier molecular flexibility index (Phi) is 4.25. The van der Waals surface area contributed by atoms with E-state index in [-0.39, 0.29) is 0 Å². The zero-order chi connectivity index (χ0) is 11.4. The van der Waals surface area contributed by atoms with E-state index in [1.54, 1.807) is 0 Å². The first kappa shape index (κ1) is 11.9. The van der Waals surface area contributed by atoms with E-state index >= 15 is 0 Å². The average molecular weight is 222 g/mol. The minimum atomic E-state index is 0.585. The third-order valence-electron chi connectivity index (χ3n) is 4.41. The van der Waals surface area contributed by atoms with Gasteiger partial charge in [-0.25, -0.2) is 0 Å². The van der Waals surface area contributed by atoms with Gasteiger partial charge in [-0.2, -0.15) is 0 Å². The quantitative estimate of drug-likeness (QED) is 0.570. The maximum absolute atomic E-state index is 8.41. The molecule has 92 valence electrons. The van der Waals surface area contributed by atoms with Gasteiger partial charge < -0.3 is 4.90 Å². The molecule has 2 aliphatic carbocycles. The number of hydrogen-bond donors (Lipinski definition) is 1. The van der Waals surface area contributed by atoms with Crippen LogP contribution >= 0.6 is 0 Å². The van der Waals surface area contributed by atoms with Gasteiger partial charge in [0.25, 0.3) is 0 Å². The highest BCUT2D eigenvalue weighted by molar-refractivity contribution is 5.82.